The van der Waals surface area contributed by atoms with E-state index in [1.807, 2.05) is 40.7 Å². The normalized spacial score (nSPS) is 12.2. The van der Waals surface area contributed by atoms with Crippen molar-refractivity contribution in [2.75, 3.05) is 10.8 Å². The van der Waals surface area contributed by atoms with E-state index in [1.54, 1.807) is 54.6 Å². The van der Waals surface area contributed by atoms with Crippen LogP contribution in [0.1, 0.15) is 43.9 Å². The predicted molar refractivity (Wildman–Crippen MR) is 156 cm³/mol. The zero-order valence-corrected chi connectivity index (χ0v) is 24.6. The van der Waals surface area contributed by atoms with E-state index in [0.29, 0.717) is 17.1 Å². The van der Waals surface area contributed by atoms with Crippen LogP contribution >= 0.6 is 11.6 Å². The zero-order valence-electron chi connectivity index (χ0n) is 23.0. The van der Waals surface area contributed by atoms with E-state index in [9.17, 15) is 18.0 Å². The fourth-order valence-corrected chi connectivity index (χ4v) is 5.97. The molecule has 2 amide bonds. The lowest BCUT2D eigenvalue weighted by Crippen LogP contribution is -2.53. The lowest BCUT2D eigenvalue weighted by molar-refractivity contribution is -0.140. The molecule has 0 aliphatic rings. The Hall–Kier alpha value is -3.36. The molecule has 39 heavy (non-hydrogen) atoms. The van der Waals surface area contributed by atoms with Crippen LogP contribution in [-0.4, -0.2) is 43.8 Å². The maximum Gasteiger partial charge on any atom is 0.264 e. The van der Waals surface area contributed by atoms with Gasteiger partial charge in [0, 0.05) is 17.6 Å². The molecule has 0 radical (unpaired) electrons. The summed E-state index contributed by atoms with van der Waals surface area (Å²) >= 11 is 6.06. The number of halogens is 1. The van der Waals surface area contributed by atoms with Gasteiger partial charge >= 0.3 is 0 Å². The topological polar surface area (TPSA) is 86.8 Å². The lowest BCUT2D eigenvalue weighted by atomic mass is 10.1. The summed E-state index contributed by atoms with van der Waals surface area (Å²) in [7, 11) is -4.10. The molecule has 208 valence electrons. The third-order valence-electron chi connectivity index (χ3n) is 6.19. The Labute approximate surface area is 236 Å². The van der Waals surface area contributed by atoms with Gasteiger partial charge in [0.2, 0.25) is 11.8 Å². The number of anilines is 1. The molecule has 0 saturated heterocycles. The molecule has 3 aromatic rings. The van der Waals surface area contributed by atoms with Gasteiger partial charge in [0.25, 0.3) is 10.0 Å². The minimum absolute atomic E-state index is 0.0748. The number of carbonyl (C=O) groups is 2. The van der Waals surface area contributed by atoms with Crippen molar-refractivity contribution in [2.24, 2.45) is 0 Å². The van der Waals surface area contributed by atoms with Gasteiger partial charge in [-0.05, 0) is 87.2 Å². The van der Waals surface area contributed by atoms with Crippen molar-refractivity contribution in [3.63, 3.8) is 0 Å². The van der Waals surface area contributed by atoms with Crippen LogP contribution in [0.4, 0.5) is 5.69 Å². The Morgan fingerprint density at radius 2 is 1.51 bits per heavy atom. The molecule has 0 aromatic heterocycles. The van der Waals surface area contributed by atoms with Crippen molar-refractivity contribution in [3.8, 4) is 0 Å². The molecule has 3 aromatic carbocycles. The molecular formula is C30H36ClN3O4S. The number of nitrogens with one attached hydrogen (secondary N) is 1. The first-order valence-corrected chi connectivity index (χ1v) is 14.7. The van der Waals surface area contributed by atoms with Crippen LogP contribution in [0.5, 0.6) is 0 Å². The maximum atomic E-state index is 14.1. The number of hydrogen-bond acceptors (Lipinski definition) is 4. The number of aryl methyl sites for hydroxylation is 2. The van der Waals surface area contributed by atoms with Crippen molar-refractivity contribution < 1.29 is 18.0 Å². The molecule has 0 heterocycles. The first-order chi connectivity index (χ1) is 18.4. The van der Waals surface area contributed by atoms with Gasteiger partial charge in [0.1, 0.15) is 12.6 Å². The second kappa shape index (κ2) is 13.1. The molecule has 0 aliphatic carbocycles. The van der Waals surface area contributed by atoms with E-state index in [0.717, 1.165) is 21.0 Å². The van der Waals surface area contributed by atoms with E-state index >= 15 is 0 Å². The summed E-state index contributed by atoms with van der Waals surface area (Å²) in [5.74, 6) is -0.784. The first-order valence-electron chi connectivity index (χ1n) is 12.9. The van der Waals surface area contributed by atoms with Crippen LogP contribution in [0.2, 0.25) is 5.02 Å². The van der Waals surface area contributed by atoms with Gasteiger partial charge in [-0.25, -0.2) is 8.42 Å². The van der Waals surface area contributed by atoms with Crippen LogP contribution in [0, 0.1) is 13.8 Å². The molecule has 9 heteroatoms. The molecular weight excluding hydrogens is 534 g/mol. The third kappa shape index (κ3) is 7.83. The first kappa shape index (κ1) is 30.2. The quantitative estimate of drug-likeness (QED) is 0.331. The number of carbonyl (C=O) groups excluding carboxylic acids is 2. The summed E-state index contributed by atoms with van der Waals surface area (Å²) in [6.07, 6.45) is 0.354. The Balaban J connectivity index is 2.08. The fourth-order valence-electron chi connectivity index (χ4n) is 4.43. The summed E-state index contributed by atoms with van der Waals surface area (Å²) < 4.78 is 28.9. The van der Waals surface area contributed by atoms with E-state index in [-0.39, 0.29) is 23.4 Å². The average molecular weight is 570 g/mol. The standard InChI is InChI=1S/C30H36ClN3O4S/c1-6-28(30(36)32-21(2)3)33(19-24-12-14-25(31)15-13-24)29(35)20-34(26-17-22(4)16-23(5)18-26)39(37,38)27-10-8-7-9-11-27/h7-18,21,28H,6,19-20H2,1-5H3,(H,32,36)/t28-/m0/s1. The summed E-state index contributed by atoms with van der Waals surface area (Å²) in [5, 5.41) is 3.45. The van der Waals surface area contributed by atoms with Crippen molar-refractivity contribution in [3.05, 3.63) is 94.5 Å². The van der Waals surface area contributed by atoms with Crippen LogP contribution in [-0.2, 0) is 26.2 Å². The van der Waals surface area contributed by atoms with Crippen LogP contribution in [0.3, 0.4) is 0 Å². The van der Waals surface area contributed by atoms with E-state index in [2.05, 4.69) is 5.32 Å². The molecule has 0 bridgehead atoms. The zero-order chi connectivity index (χ0) is 28.7. The van der Waals surface area contributed by atoms with Crippen molar-refractivity contribution in [1.29, 1.82) is 0 Å². The number of amides is 2. The van der Waals surface area contributed by atoms with Crippen LogP contribution < -0.4 is 9.62 Å². The molecule has 7 nitrogen and oxygen atoms in total. The largest absolute Gasteiger partial charge is 0.352 e. The number of nitrogens with zero attached hydrogens (tertiary/aromatic N) is 2. The molecule has 1 atom stereocenters. The Morgan fingerprint density at radius 1 is 0.923 bits per heavy atom. The highest BCUT2D eigenvalue weighted by atomic mass is 35.5. The Bertz CT molecular complexity index is 1370. The van der Waals surface area contributed by atoms with Gasteiger partial charge in [-0.15, -0.1) is 0 Å². The van der Waals surface area contributed by atoms with Crippen molar-refractivity contribution in [1.82, 2.24) is 10.2 Å². The highest BCUT2D eigenvalue weighted by Crippen LogP contribution is 2.27. The molecule has 1 N–H and O–H groups in total. The molecule has 0 spiro atoms. The van der Waals surface area contributed by atoms with E-state index < -0.39 is 28.5 Å². The lowest BCUT2D eigenvalue weighted by Gasteiger charge is -2.33. The number of sulfonamides is 1. The number of benzene rings is 3. The SMILES string of the molecule is CC[C@@H](C(=O)NC(C)C)N(Cc1ccc(Cl)cc1)C(=O)CN(c1cc(C)cc(C)c1)S(=O)(=O)c1ccccc1. The second-order valence-electron chi connectivity index (χ2n) is 9.91. The summed E-state index contributed by atoms with van der Waals surface area (Å²) in [5.41, 5.74) is 2.89. The van der Waals surface area contributed by atoms with Gasteiger partial charge in [0.05, 0.1) is 10.6 Å². The Kier molecular flexibility index (Phi) is 10.2. The molecule has 0 unspecified atom stereocenters. The summed E-state index contributed by atoms with van der Waals surface area (Å²) in [6.45, 7) is 8.93. The summed E-state index contributed by atoms with van der Waals surface area (Å²) in [6, 6.07) is 19.6. The van der Waals surface area contributed by atoms with Gasteiger partial charge in [-0.2, -0.15) is 0 Å². The highest BCUT2D eigenvalue weighted by Gasteiger charge is 2.34. The number of hydrogen-bond donors (Lipinski definition) is 1. The minimum atomic E-state index is -4.10. The monoisotopic (exact) mass is 569 g/mol. The fraction of sp³-hybridized carbons (Fsp3) is 0.333. The van der Waals surface area contributed by atoms with E-state index in [1.165, 1.54) is 17.0 Å². The maximum absolute atomic E-state index is 14.1. The average Bonchev–Trinajstić information content (AvgIpc) is 2.87. The smallest absolute Gasteiger partial charge is 0.264 e. The van der Waals surface area contributed by atoms with Gasteiger partial charge < -0.3 is 10.2 Å². The number of rotatable bonds is 11. The van der Waals surface area contributed by atoms with Gasteiger partial charge in [-0.3, -0.25) is 13.9 Å². The van der Waals surface area contributed by atoms with E-state index in [4.69, 9.17) is 11.6 Å². The van der Waals surface area contributed by atoms with Crippen molar-refractivity contribution in [2.45, 2.75) is 64.6 Å². The Morgan fingerprint density at radius 3 is 2.05 bits per heavy atom. The minimum Gasteiger partial charge on any atom is -0.352 e. The molecule has 0 fully saturated rings. The third-order valence-corrected chi connectivity index (χ3v) is 8.23. The summed E-state index contributed by atoms with van der Waals surface area (Å²) in [4.78, 5) is 28.8. The molecule has 0 aliphatic heterocycles. The van der Waals surface area contributed by atoms with Crippen LogP contribution in [0.15, 0.2) is 77.7 Å². The van der Waals surface area contributed by atoms with Crippen LogP contribution in [0.25, 0.3) is 0 Å². The molecule has 0 saturated carbocycles. The predicted octanol–water partition coefficient (Wildman–Crippen LogP) is 5.48. The highest BCUT2D eigenvalue weighted by molar-refractivity contribution is 7.92. The molecule has 3 rings (SSSR count). The van der Waals surface area contributed by atoms with Crippen molar-refractivity contribution >= 4 is 39.1 Å². The van der Waals surface area contributed by atoms with Gasteiger partial charge in [0.15, 0.2) is 0 Å². The van der Waals surface area contributed by atoms with Gasteiger partial charge in [-0.1, -0.05) is 54.9 Å². The second-order valence-corrected chi connectivity index (χ2v) is 12.2.